The second-order valence-corrected chi connectivity index (χ2v) is 8.82. The average molecular weight is 509 g/mol. The molecular weight excluding hydrogens is 477 g/mol. The van der Waals surface area contributed by atoms with Crippen molar-refractivity contribution in [2.45, 2.75) is 38.5 Å². The Balaban J connectivity index is 0.00000364. The molecule has 0 aromatic carbocycles. The van der Waals surface area contributed by atoms with Crippen LogP contribution in [0.2, 0.25) is 0 Å². The van der Waals surface area contributed by atoms with Crippen LogP contribution >= 0.6 is 24.0 Å². The molecule has 1 aliphatic rings. The minimum Gasteiger partial charge on any atom is -0.357 e. The lowest BCUT2D eigenvalue weighted by atomic mass is 9.97. The van der Waals surface area contributed by atoms with Crippen molar-refractivity contribution in [2.24, 2.45) is 16.8 Å². The van der Waals surface area contributed by atoms with Crippen LogP contribution in [0.5, 0.6) is 0 Å². The van der Waals surface area contributed by atoms with E-state index in [4.69, 9.17) is 0 Å². The number of sulfonamides is 1. The largest absolute Gasteiger partial charge is 0.357 e. The number of guanidine groups is 1. The van der Waals surface area contributed by atoms with E-state index in [1.165, 1.54) is 25.1 Å². The predicted octanol–water partition coefficient (Wildman–Crippen LogP) is 2.31. The molecule has 1 fully saturated rings. The fourth-order valence-electron chi connectivity index (χ4n) is 3.24. The van der Waals surface area contributed by atoms with Crippen LogP contribution in [0.3, 0.4) is 0 Å². The lowest BCUT2D eigenvalue weighted by molar-refractivity contribution is 0.403. The molecule has 1 saturated heterocycles. The van der Waals surface area contributed by atoms with Gasteiger partial charge < -0.3 is 10.2 Å². The highest BCUT2D eigenvalue weighted by Crippen LogP contribution is 2.23. The van der Waals surface area contributed by atoms with Crippen LogP contribution in [0.15, 0.2) is 34.4 Å². The molecule has 0 aliphatic carbocycles. The quantitative estimate of drug-likeness (QED) is 0.243. The first-order valence-corrected chi connectivity index (χ1v) is 10.8. The van der Waals surface area contributed by atoms with E-state index in [2.05, 4.69) is 38.8 Å². The van der Waals surface area contributed by atoms with Gasteiger partial charge in [0.15, 0.2) is 5.96 Å². The standard InChI is InChI=1S/C18H31N5O2S.HI/c1-4-20-18(23-11-7-16(14-23)12-15(2)3)21-9-10-22-26(24,25)17-6-5-8-19-13-17;/h5-6,8,13,15-16,22H,4,7,9-12,14H2,1-3H3,(H,20,21);1H. The number of nitrogens with one attached hydrogen (secondary N) is 2. The summed E-state index contributed by atoms with van der Waals surface area (Å²) < 4.78 is 26.9. The Hall–Kier alpha value is -0.940. The van der Waals surface area contributed by atoms with E-state index >= 15 is 0 Å². The highest BCUT2D eigenvalue weighted by molar-refractivity contribution is 14.0. The van der Waals surface area contributed by atoms with Crippen LogP contribution in [0.1, 0.15) is 33.6 Å². The van der Waals surface area contributed by atoms with Gasteiger partial charge in [-0.15, -0.1) is 24.0 Å². The molecule has 2 heterocycles. The van der Waals surface area contributed by atoms with E-state index < -0.39 is 10.0 Å². The second-order valence-electron chi connectivity index (χ2n) is 7.05. The summed E-state index contributed by atoms with van der Waals surface area (Å²) in [6.07, 6.45) is 5.32. The molecule has 9 heteroatoms. The number of aliphatic imine (C=N–C) groups is 1. The van der Waals surface area contributed by atoms with Crippen LogP contribution < -0.4 is 10.0 Å². The first-order valence-electron chi connectivity index (χ1n) is 9.35. The molecule has 0 amide bonds. The Morgan fingerprint density at radius 1 is 1.44 bits per heavy atom. The van der Waals surface area contributed by atoms with Gasteiger partial charge in [0.1, 0.15) is 4.90 Å². The van der Waals surface area contributed by atoms with Gasteiger partial charge in [-0.25, -0.2) is 13.1 Å². The van der Waals surface area contributed by atoms with Gasteiger partial charge in [0.05, 0.1) is 6.54 Å². The summed E-state index contributed by atoms with van der Waals surface area (Å²) in [6.45, 7) is 10.0. The number of hydrogen-bond acceptors (Lipinski definition) is 4. The third-order valence-electron chi connectivity index (χ3n) is 4.34. The van der Waals surface area contributed by atoms with Gasteiger partial charge in [-0.3, -0.25) is 9.98 Å². The van der Waals surface area contributed by atoms with Crippen molar-refractivity contribution in [3.8, 4) is 0 Å². The zero-order chi connectivity index (χ0) is 19.0. The smallest absolute Gasteiger partial charge is 0.242 e. The fourth-order valence-corrected chi connectivity index (χ4v) is 4.23. The maximum Gasteiger partial charge on any atom is 0.242 e. The SMILES string of the molecule is CCNC(=NCCNS(=O)(=O)c1cccnc1)N1CCC(CC(C)C)C1.I. The molecule has 154 valence electrons. The Bertz CT molecular complexity index is 682. The number of rotatable bonds is 8. The van der Waals surface area contributed by atoms with Gasteiger partial charge in [-0.2, -0.15) is 0 Å². The molecule has 1 aliphatic heterocycles. The number of aromatic nitrogens is 1. The van der Waals surface area contributed by atoms with E-state index in [1.807, 2.05) is 6.92 Å². The van der Waals surface area contributed by atoms with Crippen molar-refractivity contribution in [2.75, 3.05) is 32.7 Å². The lowest BCUT2D eigenvalue weighted by Gasteiger charge is -2.22. The van der Waals surface area contributed by atoms with Crippen molar-refractivity contribution >= 4 is 40.0 Å². The molecule has 1 atom stereocenters. The number of likely N-dealkylation sites (tertiary alicyclic amines) is 1. The summed E-state index contributed by atoms with van der Waals surface area (Å²) in [4.78, 5) is 10.9. The first kappa shape index (κ1) is 24.1. The number of halogens is 1. The summed E-state index contributed by atoms with van der Waals surface area (Å²) in [6, 6.07) is 3.14. The first-order chi connectivity index (χ1) is 12.4. The van der Waals surface area contributed by atoms with Gasteiger partial charge in [0.2, 0.25) is 10.0 Å². The van der Waals surface area contributed by atoms with E-state index in [-0.39, 0.29) is 35.4 Å². The predicted molar refractivity (Wildman–Crippen MR) is 120 cm³/mol. The van der Waals surface area contributed by atoms with Crippen LogP contribution in [0, 0.1) is 11.8 Å². The highest BCUT2D eigenvalue weighted by atomic mass is 127. The van der Waals surface area contributed by atoms with Crippen LogP contribution in [-0.2, 0) is 10.0 Å². The Morgan fingerprint density at radius 3 is 2.85 bits per heavy atom. The number of pyridine rings is 1. The van der Waals surface area contributed by atoms with Gasteiger partial charge in [0, 0.05) is 38.6 Å². The summed E-state index contributed by atoms with van der Waals surface area (Å²) in [5, 5.41) is 3.32. The van der Waals surface area contributed by atoms with Crippen molar-refractivity contribution in [3.05, 3.63) is 24.5 Å². The third kappa shape index (κ3) is 7.90. The van der Waals surface area contributed by atoms with E-state index in [0.29, 0.717) is 18.4 Å². The summed E-state index contributed by atoms with van der Waals surface area (Å²) in [5.41, 5.74) is 0. The van der Waals surface area contributed by atoms with Crippen molar-refractivity contribution in [1.29, 1.82) is 0 Å². The van der Waals surface area contributed by atoms with Gasteiger partial charge in [0.25, 0.3) is 0 Å². The Morgan fingerprint density at radius 2 is 2.22 bits per heavy atom. The highest BCUT2D eigenvalue weighted by Gasteiger charge is 2.25. The average Bonchev–Trinajstić information content (AvgIpc) is 3.06. The van der Waals surface area contributed by atoms with Gasteiger partial charge >= 0.3 is 0 Å². The van der Waals surface area contributed by atoms with Crippen molar-refractivity contribution in [1.82, 2.24) is 19.9 Å². The topological polar surface area (TPSA) is 86.7 Å². The van der Waals surface area contributed by atoms with E-state index in [9.17, 15) is 8.42 Å². The molecule has 27 heavy (non-hydrogen) atoms. The van der Waals surface area contributed by atoms with Crippen molar-refractivity contribution in [3.63, 3.8) is 0 Å². The van der Waals surface area contributed by atoms with Crippen molar-refractivity contribution < 1.29 is 8.42 Å². The van der Waals surface area contributed by atoms with Crippen LogP contribution in [0.4, 0.5) is 0 Å². The molecule has 0 radical (unpaired) electrons. The maximum atomic E-state index is 12.2. The van der Waals surface area contributed by atoms with Gasteiger partial charge in [-0.05, 0) is 43.7 Å². The molecule has 0 bridgehead atoms. The van der Waals surface area contributed by atoms with Crippen LogP contribution in [-0.4, -0.2) is 57.0 Å². The summed E-state index contributed by atoms with van der Waals surface area (Å²) >= 11 is 0. The summed E-state index contributed by atoms with van der Waals surface area (Å²) in [5.74, 6) is 2.30. The van der Waals surface area contributed by atoms with E-state index in [0.717, 1.165) is 25.6 Å². The van der Waals surface area contributed by atoms with Gasteiger partial charge in [-0.1, -0.05) is 13.8 Å². The molecule has 7 nitrogen and oxygen atoms in total. The van der Waals surface area contributed by atoms with E-state index in [1.54, 1.807) is 12.3 Å². The van der Waals surface area contributed by atoms with Crippen LogP contribution in [0.25, 0.3) is 0 Å². The molecule has 1 aromatic heterocycles. The zero-order valence-corrected chi connectivity index (χ0v) is 19.5. The minimum atomic E-state index is -3.53. The normalized spacial score (nSPS) is 17.9. The third-order valence-corrected chi connectivity index (χ3v) is 5.78. The Kier molecular flexibility index (Phi) is 10.5. The maximum absolute atomic E-state index is 12.2. The minimum absolute atomic E-state index is 0. The monoisotopic (exact) mass is 509 g/mol. The number of nitrogens with zero attached hydrogens (tertiary/aromatic N) is 3. The fraction of sp³-hybridized carbons (Fsp3) is 0.667. The molecule has 1 aromatic rings. The molecule has 0 saturated carbocycles. The lowest BCUT2D eigenvalue weighted by Crippen LogP contribution is -2.40. The molecule has 2 rings (SSSR count). The zero-order valence-electron chi connectivity index (χ0n) is 16.4. The molecule has 2 N–H and O–H groups in total. The molecular formula is C18H32IN5O2S. The number of hydrogen-bond donors (Lipinski definition) is 2. The molecule has 0 spiro atoms. The summed E-state index contributed by atoms with van der Waals surface area (Å²) in [7, 11) is -3.53. The Labute approximate surface area is 180 Å². The second kappa shape index (κ2) is 11.8. The molecule has 1 unspecified atom stereocenters.